The molecular weight excluding hydrogens is 605 g/mol. The van der Waals surface area contributed by atoms with Gasteiger partial charge in [0.15, 0.2) is 6.29 Å². The number of carbonyl (C=O) groups excluding carboxylic acids is 1. The lowest BCUT2D eigenvalue weighted by atomic mass is 9.91. The minimum Gasteiger partial charge on any atom is -0.392 e. The molecule has 1 saturated heterocycles. The maximum atomic E-state index is 12.4. The minimum atomic E-state index is -0.548. The van der Waals surface area contributed by atoms with Gasteiger partial charge in [-0.3, -0.25) is 0 Å². The van der Waals surface area contributed by atoms with Crippen LogP contribution in [0.25, 0.3) is 11.1 Å². The molecule has 0 aliphatic carbocycles. The monoisotopic (exact) mass is 644 g/mol. The molecule has 0 bridgehead atoms. The second-order valence-electron chi connectivity index (χ2n) is 11.8. The molecule has 0 spiro atoms. The van der Waals surface area contributed by atoms with Crippen LogP contribution in [0.4, 0.5) is 4.79 Å². The SMILES string of the molecule is CC1C(CSc2ccccc2)OC(c2cccc(-c3cccc(CNC(=O)NCc4ccccc4)c3)c2)OC1c1ccc(CO)cc1. The van der Waals surface area contributed by atoms with Crippen LogP contribution in [0.2, 0.25) is 0 Å². The van der Waals surface area contributed by atoms with E-state index in [1.54, 1.807) is 11.8 Å². The van der Waals surface area contributed by atoms with Crippen LogP contribution < -0.4 is 10.6 Å². The van der Waals surface area contributed by atoms with Crippen LogP contribution in [0.3, 0.4) is 0 Å². The van der Waals surface area contributed by atoms with E-state index in [9.17, 15) is 9.90 Å². The molecule has 2 amide bonds. The summed E-state index contributed by atoms with van der Waals surface area (Å²) in [5.74, 6) is 0.906. The van der Waals surface area contributed by atoms with Gasteiger partial charge in [0.25, 0.3) is 0 Å². The van der Waals surface area contributed by atoms with Crippen molar-refractivity contribution in [2.24, 2.45) is 5.92 Å². The Balaban J connectivity index is 1.17. The molecule has 1 aliphatic heterocycles. The summed E-state index contributed by atoms with van der Waals surface area (Å²) in [5.41, 5.74) is 7.05. The maximum absolute atomic E-state index is 12.4. The number of carbonyl (C=O) groups is 1. The van der Waals surface area contributed by atoms with Crippen LogP contribution in [0.15, 0.2) is 138 Å². The first-order chi connectivity index (χ1) is 23.1. The Morgan fingerprint density at radius 3 is 2.04 bits per heavy atom. The van der Waals surface area contributed by atoms with E-state index in [-0.39, 0.29) is 30.8 Å². The number of amides is 2. The zero-order chi connectivity index (χ0) is 32.4. The van der Waals surface area contributed by atoms with Crippen LogP contribution in [-0.4, -0.2) is 23.0 Å². The summed E-state index contributed by atoms with van der Waals surface area (Å²) in [4.78, 5) is 13.6. The molecule has 4 unspecified atom stereocenters. The normalized spacial score (nSPS) is 19.2. The third kappa shape index (κ3) is 8.70. The van der Waals surface area contributed by atoms with Crippen LogP contribution >= 0.6 is 11.8 Å². The maximum Gasteiger partial charge on any atom is 0.315 e. The highest BCUT2D eigenvalue weighted by Gasteiger charge is 2.38. The van der Waals surface area contributed by atoms with Crippen LogP contribution in [0.5, 0.6) is 0 Å². The molecule has 6 nitrogen and oxygen atoms in total. The molecule has 6 rings (SSSR count). The van der Waals surface area contributed by atoms with Crippen molar-refractivity contribution in [1.82, 2.24) is 10.6 Å². The molecule has 0 radical (unpaired) electrons. The third-order valence-electron chi connectivity index (χ3n) is 8.45. The molecule has 240 valence electrons. The van der Waals surface area contributed by atoms with Crippen molar-refractivity contribution in [3.63, 3.8) is 0 Å². The molecule has 1 aliphatic rings. The summed E-state index contributed by atoms with van der Waals surface area (Å²) >= 11 is 1.79. The molecule has 3 N–H and O–H groups in total. The second kappa shape index (κ2) is 15.9. The molecule has 7 heteroatoms. The van der Waals surface area contributed by atoms with Gasteiger partial charge >= 0.3 is 6.03 Å². The summed E-state index contributed by atoms with van der Waals surface area (Å²) in [6.45, 7) is 3.09. The van der Waals surface area contributed by atoms with E-state index < -0.39 is 6.29 Å². The average molecular weight is 645 g/mol. The fourth-order valence-corrected chi connectivity index (χ4v) is 6.84. The van der Waals surface area contributed by atoms with Gasteiger partial charge in [-0.25, -0.2) is 4.79 Å². The molecule has 0 aromatic heterocycles. The van der Waals surface area contributed by atoms with E-state index in [0.29, 0.717) is 13.1 Å². The summed E-state index contributed by atoms with van der Waals surface area (Å²) in [7, 11) is 0. The Labute approximate surface area is 281 Å². The van der Waals surface area contributed by atoms with Crippen LogP contribution in [0.1, 0.15) is 47.1 Å². The Bertz CT molecular complexity index is 1730. The molecule has 4 atom stereocenters. The number of benzene rings is 5. The number of hydrogen-bond donors (Lipinski definition) is 3. The van der Waals surface area contributed by atoms with E-state index in [1.165, 1.54) is 4.90 Å². The minimum absolute atomic E-state index is 0.00887. The molecule has 1 fully saturated rings. The van der Waals surface area contributed by atoms with Crippen LogP contribution in [-0.2, 0) is 29.2 Å². The lowest BCUT2D eigenvalue weighted by molar-refractivity contribution is -0.268. The zero-order valence-corrected chi connectivity index (χ0v) is 27.2. The summed E-state index contributed by atoms with van der Waals surface area (Å²) in [6.07, 6.45) is -0.769. The van der Waals surface area contributed by atoms with Gasteiger partial charge in [-0.15, -0.1) is 11.8 Å². The lowest BCUT2D eigenvalue weighted by Crippen LogP contribution is -2.38. The Kier molecular flexibility index (Phi) is 11.0. The summed E-state index contributed by atoms with van der Waals surface area (Å²) < 4.78 is 13.4. The van der Waals surface area contributed by atoms with E-state index in [4.69, 9.17) is 9.47 Å². The van der Waals surface area contributed by atoms with Gasteiger partial charge < -0.3 is 25.2 Å². The topological polar surface area (TPSA) is 79.8 Å². The number of aliphatic hydroxyl groups is 1. The van der Waals surface area contributed by atoms with Gasteiger partial charge in [0.2, 0.25) is 0 Å². The number of rotatable bonds is 11. The van der Waals surface area contributed by atoms with E-state index in [2.05, 4.69) is 72.2 Å². The van der Waals surface area contributed by atoms with Gasteiger partial charge in [0.1, 0.15) is 0 Å². The number of hydrogen-bond acceptors (Lipinski definition) is 5. The second-order valence-corrected chi connectivity index (χ2v) is 12.9. The van der Waals surface area contributed by atoms with Gasteiger partial charge in [0.05, 0.1) is 18.8 Å². The average Bonchev–Trinajstić information content (AvgIpc) is 3.14. The van der Waals surface area contributed by atoms with Crippen molar-refractivity contribution in [3.8, 4) is 11.1 Å². The zero-order valence-electron chi connectivity index (χ0n) is 26.4. The van der Waals surface area contributed by atoms with Crippen molar-refractivity contribution >= 4 is 17.8 Å². The first-order valence-electron chi connectivity index (χ1n) is 16.0. The number of ether oxygens (including phenoxy) is 2. The quantitative estimate of drug-likeness (QED) is 0.126. The standard InChI is InChI=1S/C40H40N2O4S/c1-28-37(27-47-36-16-6-3-7-17-36)45-39(46-38(28)32-20-18-30(26-43)19-21-32)35-15-9-14-34(23-35)33-13-8-12-31(22-33)25-42-40(44)41-24-29-10-4-2-5-11-29/h2-23,28,37-39,43H,24-27H2,1H3,(H2,41,42,44). The number of aliphatic hydroxyl groups excluding tert-OH is 1. The summed E-state index contributed by atoms with van der Waals surface area (Å²) in [5, 5.41) is 15.5. The third-order valence-corrected chi connectivity index (χ3v) is 9.55. The van der Waals surface area contributed by atoms with Crippen molar-refractivity contribution in [1.29, 1.82) is 0 Å². The van der Waals surface area contributed by atoms with Gasteiger partial charge in [-0.1, -0.05) is 116 Å². The summed E-state index contributed by atoms with van der Waals surface area (Å²) in [6, 6.07) is 44.6. The lowest BCUT2D eigenvalue weighted by Gasteiger charge is -2.41. The number of urea groups is 1. The largest absolute Gasteiger partial charge is 0.392 e. The molecular formula is C40H40N2O4S. The van der Waals surface area contributed by atoms with Crippen molar-refractivity contribution in [2.75, 3.05) is 5.75 Å². The van der Waals surface area contributed by atoms with Gasteiger partial charge in [0, 0.05) is 35.2 Å². The van der Waals surface area contributed by atoms with Gasteiger partial charge in [-0.2, -0.15) is 0 Å². The smallest absolute Gasteiger partial charge is 0.315 e. The van der Waals surface area contributed by atoms with Crippen LogP contribution in [0, 0.1) is 5.92 Å². The number of thioether (sulfide) groups is 1. The molecule has 0 saturated carbocycles. The van der Waals surface area contributed by atoms with E-state index in [1.807, 2.05) is 78.9 Å². The Morgan fingerprint density at radius 2 is 1.32 bits per heavy atom. The molecule has 5 aromatic carbocycles. The van der Waals surface area contributed by atoms with Crippen molar-refractivity contribution in [3.05, 3.63) is 161 Å². The molecule has 5 aromatic rings. The highest BCUT2D eigenvalue weighted by atomic mass is 32.2. The highest BCUT2D eigenvalue weighted by Crippen LogP contribution is 2.43. The highest BCUT2D eigenvalue weighted by molar-refractivity contribution is 7.99. The fraction of sp³-hybridized carbons (Fsp3) is 0.225. The Morgan fingerprint density at radius 1 is 0.681 bits per heavy atom. The predicted octanol–water partition coefficient (Wildman–Crippen LogP) is 8.43. The predicted molar refractivity (Wildman–Crippen MR) is 188 cm³/mol. The number of nitrogens with one attached hydrogen (secondary N) is 2. The van der Waals surface area contributed by atoms with Crippen molar-refractivity contribution in [2.45, 2.75) is 50.0 Å². The first-order valence-corrected chi connectivity index (χ1v) is 17.0. The van der Waals surface area contributed by atoms with E-state index in [0.717, 1.165) is 44.7 Å². The van der Waals surface area contributed by atoms with Crippen molar-refractivity contribution < 1.29 is 19.4 Å². The fourth-order valence-electron chi connectivity index (χ4n) is 5.75. The molecule has 47 heavy (non-hydrogen) atoms. The first kappa shape index (κ1) is 32.5. The van der Waals surface area contributed by atoms with E-state index >= 15 is 0 Å². The van der Waals surface area contributed by atoms with Gasteiger partial charge in [-0.05, 0) is 57.6 Å². The molecule has 1 heterocycles. The Hall–Kier alpha value is -4.40.